The SMILES string of the molecule is Cc1ccc(C)c2oc(-c3nc(Br)ns3)cc12. The predicted octanol–water partition coefficient (Wildman–Crippen LogP) is 4.33. The summed E-state index contributed by atoms with van der Waals surface area (Å²) in [5, 5.41) is 1.94. The number of aryl methyl sites for hydroxylation is 2. The average Bonchev–Trinajstić information content (AvgIpc) is 2.90. The molecule has 0 bridgehead atoms. The van der Waals surface area contributed by atoms with E-state index in [1.54, 1.807) is 0 Å². The summed E-state index contributed by atoms with van der Waals surface area (Å²) in [6.07, 6.45) is 0. The van der Waals surface area contributed by atoms with E-state index >= 15 is 0 Å². The van der Waals surface area contributed by atoms with Crippen LogP contribution in [-0.2, 0) is 0 Å². The van der Waals surface area contributed by atoms with Crippen LogP contribution in [-0.4, -0.2) is 9.36 Å². The minimum absolute atomic E-state index is 0.603. The lowest BCUT2D eigenvalue weighted by molar-refractivity contribution is 0.628. The van der Waals surface area contributed by atoms with Crippen molar-refractivity contribution in [3.05, 3.63) is 34.1 Å². The highest BCUT2D eigenvalue weighted by Crippen LogP contribution is 2.32. The van der Waals surface area contributed by atoms with Crippen LogP contribution in [0.2, 0.25) is 0 Å². The first-order valence-corrected chi connectivity index (χ1v) is 6.71. The quantitative estimate of drug-likeness (QED) is 0.671. The summed E-state index contributed by atoms with van der Waals surface area (Å²) in [5.74, 6) is 0.778. The fraction of sp³-hybridized carbons (Fsp3) is 0.167. The first-order chi connectivity index (χ1) is 8.15. The van der Waals surface area contributed by atoms with Crippen LogP contribution in [0.4, 0.5) is 0 Å². The van der Waals surface area contributed by atoms with Crippen molar-refractivity contribution >= 4 is 38.4 Å². The molecule has 3 rings (SSSR count). The van der Waals surface area contributed by atoms with Gasteiger partial charge in [0.15, 0.2) is 10.8 Å². The van der Waals surface area contributed by atoms with E-state index in [1.165, 1.54) is 17.1 Å². The maximum Gasteiger partial charge on any atom is 0.209 e. The van der Waals surface area contributed by atoms with Crippen molar-refractivity contribution in [2.24, 2.45) is 0 Å². The molecular formula is C12H9BrN2OS. The van der Waals surface area contributed by atoms with Gasteiger partial charge in [-0.3, -0.25) is 0 Å². The Morgan fingerprint density at radius 2 is 2.00 bits per heavy atom. The zero-order valence-electron chi connectivity index (χ0n) is 9.32. The Kier molecular flexibility index (Phi) is 2.52. The number of furan rings is 1. The third kappa shape index (κ3) is 1.79. The number of rotatable bonds is 1. The second-order valence-electron chi connectivity index (χ2n) is 3.92. The van der Waals surface area contributed by atoms with Gasteiger partial charge in [0.05, 0.1) is 0 Å². The molecule has 0 radical (unpaired) electrons. The van der Waals surface area contributed by atoms with Gasteiger partial charge in [-0.05, 0) is 58.5 Å². The van der Waals surface area contributed by atoms with E-state index < -0.39 is 0 Å². The van der Waals surface area contributed by atoms with Gasteiger partial charge in [-0.15, -0.1) is 0 Å². The number of aromatic nitrogens is 2. The van der Waals surface area contributed by atoms with Crippen molar-refractivity contribution in [1.82, 2.24) is 9.36 Å². The molecule has 3 nitrogen and oxygen atoms in total. The zero-order chi connectivity index (χ0) is 12.0. The van der Waals surface area contributed by atoms with E-state index in [0.717, 1.165) is 27.3 Å². The number of benzene rings is 1. The van der Waals surface area contributed by atoms with Crippen molar-refractivity contribution < 1.29 is 4.42 Å². The van der Waals surface area contributed by atoms with Gasteiger partial charge < -0.3 is 4.42 Å². The Morgan fingerprint density at radius 3 is 2.65 bits per heavy atom. The summed E-state index contributed by atoms with van der Waals surface area (Å²) >= 11 is 4.58. The van der Waals surface area contributed by atoms with Gasteiger partial charge >= 0.3 is 0 Å². The van der Waals surface area contributed by atoms with Gasteiger partial charge in [-0.2, -0.15) is 4.37 Å². The average molecular weight is 309 g/mol. The van der Waals surface area contributed by atoms with E-state index in [1.807, 2.05) is 13.0 Å². The molecule has 0 atom stereocenters. The number of fused-ring (bicyclic) bond motifs is 1. The molecule has 0 amide bonds. The van der Waals surface area contributed by atoms with Crippen LogP contribution in [0.3, 0.4) is 0 Å². The van der Waals surface area contributed by atoms with Crippen molar-refractivity contribution in [1.29, 1.82) is 0 Å². The Labute approximate surface area is 111 Å². The molecule has 0 N–H and O–H groups in total. The van der Waals surface area contributed by atoms with Crippen molar-refractivity contribution in [3.8, 4) is 10.8 Å². The van der Waals surface area contributed by atoms with E-state index in [2.05, 4.69) is 44.3 Å². The van der Waals surface area contributed by atoms with Crippen LogP contribution in [0.25, 0.3) is 21.7 Å². The van der Waals surface area contributed by atoms with Gasteiger partial charge in [-0.1, -0.05) is 12.1 Å². The summed E-state index contributed by atoms with van der Waals surface area (Å²) in [6.45, 7) is 4.13. The summed E-state index contributed by atoms with van der Waals surface area (Å²) in [6, 6.07) is 6.21. The largest absolute Gasteiger partial charge is 0.453 e. The predicted molar refractivity (Wildman–Crippen MR) is 72.3 cm³/mol. The van der Waals surface area contributed by atoms with Gasteiger partial charge in [0.25, 0.3) is 0 Å². The van der Waals surface area contributed by atoms with Gasteiger partial charge in [-0.25, -0.2) is 4.98 Å². The van der Waals surface area contributed by atoms with Crippen LogP contribution in [0.1, 0.15) is 11.1 Å². The topological polar surface area (TPSA) is 38.9 Å². The van der Waals surface area contributed by atoms with Crippen molar-refractivity contribution in [3.63, 3.8) is 0 Å². The second-order valence-corrected chi connectivity index (χ2v) is 5.38. The third-order valence-electron chi connectivity index (χ3n) is 2.71. The molecular weight excluding hydrogens is 300 g/mol. The third-order valence-corrected chi connectivity index (χ3v) is 4.03. The normalized spacial score (nSPS) is 11.2. The highest BCUT2D eigenvalue weighted by Gasteiger charge is 2.13. The number of halogens is 1. The molecule has 2 heterocycles. The fourth-order valence-electron chi connectivity index (χ4n) is 1.80. The molecule has 0 saturated carbocycles. The minimum atomic E-state index is 0.603. The van der Waals surface area contributed by atoms with Gasteiger partial charge in [0.1, 0.15) is 5.58 Å². The highest BCUT2D eigenvalue weighted by molar-refractivity contribution is 9.10. The lowest BCUT2D eigenvalue weighted by atomic mass is 10.1. The number of hydrogen-bond acceptors (Lipinski definition) is 4. The lowest BCUT2D eigenvalue weighted by Crippen LogP contribution is -1.76. The molecule has 0 fully saturated rings. The van der Waals surface area contributed by atoms with Crippen molar-refractivity contribution in [2.75, 3.05) is 0 Å². The maximum atomic E-state index is 5.87. The van der Waals surface area contributed by atoms with E-state index in [4.69, 9.17) is 4.42 Å². The Bertz CT molecular complexity index is 663. The maximum absolute atomic E-state index is 5.87. The van der Waals surface area contributed by atoms with Crippen LogP contribution < -0.4 is 0 Å². The molecule has 0 spiro atoms. The van der Waals surface area contributed by atoms with Gasteiger partial charge in [0, 0.05) is 5.39 Å². The van der Waals surface area contributed by atoms with Crippen LogP contribution in [0, 0.1) is 13.8 Å². The molecule has 2 aromatic heterocycles. The van der Waals surface area contributed by atoms with Crippen LogP contribution in [0.5, 0.6) is 0 Å². The first kappa shape index (κ1) is 10.9. The molecule has 17 heavy (non-hydrogen) atoms. The lowest BCUT2D eigenvalue weighted by Gasteiger charge is -1.96. The molecule has 5 heteroatoms. The summed E-state index contributed by atoms with van der Waals surface area (Å²) < 4.78 is 10.6. The molecule has 0 aliphatic heterocycles. The standard InChI is InChI=1S/C12H9BrN2OS/c1-6-3-4-7(2)10-8(6)5-9(16-10)11-14-12(13)15-17-11/h3-5H,1-2H3. The minimum Gasteiger partial charge on any atom is -0.453 e. The van der Waals surface area contributed by atoms with Crippen LogP contribution in [0.15, 0.2) is 27.3 Å². The van der Waals surface area contributed by atoms with E-state index in [9.17, 15) is 0 Å². The first-order valence-electron chi connectivity index (χ1n) is 5.14. The smallest absolute Gasteiger partial charge is 0.209 e. The van der Waals surface area contributed by atoms with E-state index in [-0.39, 0.29) is 0 Å². The highest BCUT2D eigenvalue weighted by atomic mass is 79.9. The van der Waals surface area contributed by atoms with Crippen molar-refractivity contribution in [2.45, 2.75) is 13.8 Å². The Morgan fingerprint density at radius 1 is 1.24 bits per heavy atom. The Balaban J connectivity index is 2.26. The zero-order valence-corrected chi connectivity index (χ0v) is 11.7. The van der Waals surface area contributed by atoms with Gasteiger partial charge in [0.2, 0.25) is 4.73 Å². The molecule has 3 aromatic rings. The summed E-state index contributed by atoms with van der Waals surface area (Å²) in [4.78, 5) is 4.27. The fourth-order valence-corrected chi connectivity index (χ4v) is 2.84. The second kappa shape index (κ2) is 3.92. The Hall–Kier alpha value is -1.20. The molecule has 86 valence electrons. The summed E-state index contributed by atoms with van der Waals surface area (Å²) in [5.41, 5.74) is 3.29. The molecule has 1 aromatic carbocycles. The molecule has 0 saturated heterocycles. The summed E-state index contributed by atoms with van der Waals surface area (Å²) in [7, 11) is 0. The number of hydrogen-bond donors (Lipinski definition) is 0. The van der Waals surface area contributed by atoms with Crippen LogP contribution >= 0.6 is 27.5 Å². The van der Waals surface area contributed by atoms with E-state index in [0.29, 0.717) is 4.73 Å². The number of nitrogens with zero attached hydrogens (tertiary/aromatic N) is 2. The molecule has 0 unspecified atom stereocenters. The molecule has 0 aliphatic rings. The monoisotopic (exact) mass is 308 g/mol. The molecule has 0 aliphatic carbocycles.